The Morgan fingerprint density at radius 1 is 1.07 bits per heavy atom. The number of carbonyl (C=O) groups excluding carboxylic acids is 1. The molecule has 0 saturated carbocycles. The van der Waals surface area contributed by atoms with Crippen molar-refractivity contribution >= 4 is 22.6 Å². The van der Waals surface area contributed by atoms with Crippen molar-refractivity contribution in [3.63, 3.8) is 0 Å². The summed E-state index contributed by atoms with van der Waals surface area (Å²) in [6.07, 6.45) is 1.14. The minimum absolute atomic E-state index is 0.00570. The number of hydrogen-bond acceptors (Lipinski definition) is 5. The van der Waals surface area contributed by atoms with Gasteiger partial charge in [0.05, 0.1) is 6.04 Å². The molecule has 1 amide bonds. The van der Waals surface area contributed by atoms with E-state index in [1.165, 1.54) is 22.7 Å². The highest BCUT2D eigenvalue weighted by Crippen LogP contribution is 2.22. The predicted molar refractivity (Wildman–Crippen MR) is 124 cm³/mol. The van der Waals surface area contributed by atoms with Crippen LogP contribution in [-0.2, 0) is 11.2 Å². The number of hydrogen-bond donors (Lipinski definition) is 1. The summed E-state index contributed by atoms with van der Waals surface area (Å²) in [6.45, 7) is 8.94. The number of nitrogens with one attached hydrogen (secondary N) is 1. The number of anilines is 1. The third-order valence-electron chi connectivity index (χ3n) is 5.07. The van der Waals surface area contributed by atoms with Crippen LogP contribution in [0.4, 0.5) is 5.13 Å². The molecule has 0 fully saturated rings. The molecule has 2 aromatic carbocycles. The monoisotopic (exact) mass is 422 g/mol. The van der Waals surface area contributed by atoms with Crippen molar-refractivity contribution in [3.05, 3.63) is 77.1 Å². The van der Waals surface area contributed by atoms with E-state index in [0.717, 1.165) is 22.9 Å². The van der Waals surface area contributed by atoms with E-state index in [-0.39, 0.29) is 18.0 Å². The Kier molecular flexibility index (Phi) is 7.57. The first-order valence-corrected chi connectivity index (χ1v) is 11.2. The van der Waals surface area contributed by atoms with Gasteiger partial charge < -0.3 is 10.2 Å². The predicted octanol–water partition coefficient (Wildman–Crippen LogP) is 4.92. The van der Waals surface area contributed by atoms with Crippen molar-refractivity contribution in [1.29, 1.82) is 0 Å². The maximum absolute atomic E-state index is 12.5. The summed E-state index contributed by atoms with van der Waals surface area (Å²) in [7, 11) is 0. The van der Waals surface area contributed by atoms with Crippen LogP contribution < -0.4 is 10.2 Å². The Labute approximate surface area is 183 Å². The lowest BCUT2D eigenvalue weighted by atomic mass is 10.1. The van der Waals surface area contributed by atoms with Crippen molar-refractivity contribution in [2.24, 2.45) is 0 Å². The summed E-state index contributed by atoms with van der Waals surface area (Å²) < 4.78 is 4.54. The van der Waals surface area contributed by atoms with Crippen LogP contribution in [0.3, 0.4) is 0 Å². The summed E-state index contributed by atoms with van der Waals surface area (Å²) in [4.78, 5) is 19.4. The van der Waals surface area contributed by atoms with Crippen LogP contribution in [0.2, 0.25) is 0 Å². The van der Waals surface area contributed by atoms with Gasteiger partial charge in [-0.25, -0.2) is 4.98 Å². The van der Waals surface area contributed by atoms with E-state index in [1.54, 1.807) is 0 Å². The first kappa shape index (κ1) is 22.0. The number of aryl methyl sites for hydroxylation is 1. The largest absolute Gasteiger partial charge is 0.350 e. The molecule has 1 N–H and O–H groups in total. The Balaban J connectivity index is 1.57. The van der Waals surface area contributed by atoms with Gasteiger partial charge in [0.1, 0.15) is 5.82 Å². The van der Waals surface area contributed by atoms with Gasteiger partial charge >= 0.3 is 0 Å². The highest BCUT2D eigenvalue weighted by atomic mass is 32.1. The SMILES string of the molecule is Cc1ccc(Cc2nsc(N(CCC(=O)NC(C)c3ccccc3)C(C)C)n2)cc1. The minimum Gasteiger partial charge on any atom is -0.350 e. The molecule has 158 valence electrons. The van der Waals surface area contributed by atoms with Gasteiger partial charge in [-0.2, -0.15) is 4.37 Å². The average molecular weight is 423 g/mol. The molecular formula is C24H30N4OS. The summed E-state index contributed by atoms with van der Waals surface area (Å²) in [5, 5.41) is 3.96. The fraction of sp³-hybridized carbons (Fsp3) is 0.375. The molecule has 1 unspecified atom stereocenters. The van der Waals surface area contributed by atoms with Crippen LogP contribution in [0.25, 0.3) is 0 Å². The molecular weight excluding hydrogens is 392 g/mol. The van der Waals surface area contributed by atoms with Gasteiger partial charge in [-0.1, -0.05) is 60.2 Å². The molecule has 1 atom stereocenters. The lowest BCUT2D eigenvalue weighted by molar-refractivity contribution is -0.121. The normalized spacial score (nSPS) is 12.0. The smallest absolute Gasteiger partial charge is 0.222 e. The van der Waals surface area contributed by atoms with E-state index in [9.17, 15) is 4.79 Å². The van der Waals surface area contributed by atoms with E-state index in [1.807, 2.05) is 37.3 Å². The van der Waals surface area contributed by atoms with E-state index in [4.69, 9.17) is 4.98 Å². The number of nitrogens with zero attached hydrogens (tertiary/aromatic N) is 3. The van der Waals surface area contributed by atoms with E-state index >= 15 is 0 Å². The number of amides is 1. The molecule has 6 heteroatoms. The van der Waals surface area contributed by atoms with Gasteiger partial charge in [0.2, 0.25) is 11.0 Å². The number of rotatable bonds is 9. The second-order valence-corrected chi connectivity index (χ2v) is 8.62. The summed E-state index contributed by atoms with van der Waals surface area (Å²) in [5.41, 5.74) is 3.56. The van der Waals surface area contributed by atoms with E-state index in [2.05, 4.69) is 59.6 Å². The summed E-state index contributed by atoms with van der Waals surface area (Å²) in [5.74, 6) is 0.869. The molecule has 1 heterocycles. The molecule has 3 aromatic rings. The fourth-order valence-electron chi connectivity index (χ4n) is 3.26. The van der Waals surface area contributed by atoms with Crippen LogP contribution in [-0.4, -0.2) is 27.9 Å². The molecule has 0 saturated heterocycles. The molecule has 3 rings (SSSR count). The van der Waals surface area contributed by atoms with E-state index in [0.29, 0.717) is 13.0 Å². The first-order valence-electron chi connectivity index (χ1n) is 10.4. The third kappa shape index (κ3) is 6.13. The van der Waals surface area contributed by atoms with Gasteiger partial charge in [0.15, 0.2) is 0 Å². The molecule has 30 heavy (non-hydrogen) atoms. The molecule has 0 aliphatic heterocycles. The number of benzene rings is 2. The fourth-order valence-corrected chi connectivity index (χ4v) is 4.10. The molecule has 0 radical (unpaired) electrons. The zero-order valence-corrected chi connectivity index (χ0v) is 18.9. The lowest BCUT2D eigenvalue weighted by Gasteiger charge is -2.25. The van der Waals surface area contributed by atoms with Crippen LogP contribution in [0.15, 0.2) is 54.6 Å². The zero-order chi connectivity index (χ0) is 21.5. The van der Waals surface area contributed by atoms with Gasteiger partial charge in [0.25, 0.3) is 0 Å². The Bertz CT molecular complexity index is 937. The zero-order valence-electron chi connectivity index (χ0n) is 18.1. The van der Waals surface area contributed by atoms with Gasteiger partial charge in [0, 0.05) is 37.0 Å². The Morgan fingerprint density at radius 2 is 1.77 bits per heavy atom. The van der Waals surface area contributed by atoms with Crippen LogP contribution >= 0.6 is 11.5 Å². The average Bonchev–Trinajstić information content (AvgIpc) is 3.18. The molecule has 0 spiro atoms. The summed E-state index contributed by atoms with van der Waals surface area (Å²) in [6, 6.07) is 18.7. The highest BCUT2D eigenvalue weighted by Gasteiger charge is 2.18. The minimum atomic E-state index is -0.00570. The quantitative estimate of drug-likeness (QED) is 0.532. The molecule has 0 aliphatic carbocycles. The van der Waals surface area contributed by atoms with Crippen molar-refractivity contribution in [3.8, 4) is 0 Å². The van der Waals surface area contributed by atoms with Gasteiger partial charge in [-0.15, -0.1) is 0 Å². The highest BCUT2D eigenvalue weighted by molar-refractivity contribution is 7.09. The second kappa shape index (κ2) is 10.3. The van der Waals surface area contributed by atoms with Crippen LogP contribution in [0.5, 0.6) is 0 Å². The molecule has 5 nitrogen and oxygen atoms in total. The third-order valence-corrected chi connectivity index (χ3v) is 5.86. The van der Waals surface area contributed by atoms with Crippen molar-refractivity contribution in [2.45, 2.75) is 52.6 Å². The maximum Gasteiger partial charge on any atom is 0.222 e. The van der Waals surface area contributed by atoms with Gasteiger partial charge in [-0.05, 0) is 38.8 Å². The van der Waals surface area contributed by atoms with Crippen molar-refractivity contribution in [2.75, 3.05) is 11.4 Å². The summed E-state index contributed by atoms with van der Waals surface area (Å²) >= 11 is 1.40. The Hall–Kier alpha value is -2.73. The van der Waals surface area contributed by atoms with E-state index < -0.39 is 0 Å². The Morgan fingerprint density at radius 3 is 2.43 bits per heavy atom. The maximum atomic E-state index is 12.5. The van der Waals surface area contributed by atoms with Gasteiger partial charge in [-0.3, -0.25) is 4.79 Å². The lowest BCUT2D eigenvalue weighted by Crippen LogP contribution is -2.36. The molecule has 0 aliphatic rings. The van der Waals surface area contributed by atoms with Crippen molar-refractivity contribution in [1.82, 2.24) is 14.7 Å². The topological polar surface area (TPSA) is 58.1 Å². The standard InChI is InChI=1S/C24H30N4OS/c1-17(2)28(15-14-23(29)25-19(4)21-8-6-5-7-9-21)24-26-22(27-30-24)16-20-12-10-18(3)11-13-20/h5-13,17,19H,14-16H2,1-4H3,(H,25,29). The number of aromatic nitrogens is 2. The van der Waals surface area contributed by atoms with Crippen molar-refractivity contribution < 1.29 is 4.79 Å². The molecule has 1 aromatic heterocycles. The second-order valence-electron chi connectivity index (χ2n) is 7.89. The van der Waals surface area contributed by atoms with Crippen LogP contribution in [0, 0.1) is 6.92 Å². The van der Waals surface area contributed by atoms with Crippen LogP contribution in [0.1, 0.15) is 55.7 Å². The molecule has 0 bridgehead atoms. The first-order chi connectivity index (χ1) is 14.4. The number of carbonyl (C=O) groups is 1.